The molecule has 0 amide bonds. The largest absolute Gasteiger partial charge is 0.496 e. The Labute approximate surface area is 133 Å². The van der Waals surface area contributed by atoms with Gasteiger partial charge in [0.05, 0.1) is 22.3 Å². The van der Waals surface area contributed by atoms with E-state index in [9.17, 15) is 0 Å². The molecule has 2 nitrogen and oxygen atoms in total. The van der Waals surface area contributed by atoms with Crippen LogP contribution in [0, 0.1) is 6.92 Å². The van der Waals surface area contributed by atoms with Crippen molar-refractivity contribution in [3.8, 4) is 5.75 Å². The summed E-state index contributed by atoms with van der Waals surface area (Å²) in [6.45, 7) is 4.15. The molecule has 0 bridgehead atoms. The summed E-state index contributed by atoms with van der Waals surface area (Å²) >= 11 is 9.76. The Morgan fingerprint density at radius 1 is 1.25 bits per heavy atom. The number of para-hydroxylation sites is 1. The molecule has 0 aromatic heterocycles. The third-order valence-electron chi connectivity index (χ3n) is 3.26. The normalized spacial score (nSPS) is 12.1. The van der Waals surface area contributed by atoms with Crippen LogP contribution in [0.3, 0.4) is 0 Å². The third-order valence-corrected chi connectivity index (χ3v) is 4.19. The number of aryl methyl sites for hydroxylation is 1. The molecule has 1 unspecified atom stereocenters. The van der Waals surface area contributed by atoms with E-state index in [2.05, 4.69) is 34.2 Å². The summed E-state index contributed by atoms with van der Waals surface area (Å²) in [6.07, 6.45) is 0. The molecular weight excluding hydrogens is 338 g/mol. The minimum Gasteiger partial charge on any atom is -0.496 e. The lowest BCUT2D eigenvalue weighted by Crippen LogP contribution is -2.08. The van der Waals surface area contributed by atoms with Gasteiger partial charge in [-0.3, -0.25) is 0 Å². The summed E-state index contributed by atoms with van der Waals surface area (Å²) in [7, 11) is 1.66. The number of ether oxygens (including phenoxy) is 1. The molecule has 0 aliphatic heterocycles. The Morgan fingerprint density at radius 2 is 2.00 bits per heavy atom. The molecule has 0 aliphatic rings. The van der Waals surface area contributed by atoms with Crippen LogP contribution in [0.4, 0.5) is 5.69 Å². The second-order valence-electron chi connectivity index (χ2n) is 4.69. The zero-order valence-electron chi connectivity index (χ0n) is 11.7. The van der Waals surface area contributed by atoms with Gasteiger partial charge in [-0.25, -0.2) is 0 Å². The van der Waals surface area contributed by atoms with Crippen molar-refractivity contribution < 1.29 is 4.74 Å². The summed E-state index contributed by atoms with van der Waals surface area (Å²) in [4.78, 5) is 0. The van der Waals surface area contributed by atoms with Crippen molar-refractivity contribution in [2.45, 2.75) is 19.9 Å². The first-order valence-corrected chi connectivity index (χ1v) is 7.55. The number of rotatable bonds is 4. The summed E-state index contributed by atoms with van der Waals surface area (Å²) in [5, 5.41) is 4.21. The number of halogens is 2. The van der Waals surface area contributed by atoms with Crippen LogP contribution in [0.5, 0.6) is 5.75 Å². The van der Waals surface area contributed by atoms with E-state index >= 15 is 0 Å². The summed E-state index contributed by atoms with van der Waals surface area (Å²) < 4.78 is 6.19. The van der Waals surface area contributed by atoms with Gasteiger partial charge in [0.25, 0.3) is 0 Å². The molecule has 2 aromatic carbocycles. The quantitative estimate of drug-likeness (QED) is 0.772. The molecule has 4 heteroatoms. The zero-order chi connectivity index (χ0) is 14.7. The van der Waals surface area contributed by atoms with Crippen molar-refractivity contribution in [2.24, 2.45) is 0 Å². The van der Waals surface area contributed by atoms with Gasteiger partial charge in [-0.1, -0.05) is 29.8 Å². The second-order valence-corrected chi connectivity index (χ2v) is 5.95. The third kappa shape index (κ3) is 3.28. The van der Waals surface area contributed by atoms with Crippen LogP contribution < -0.4 is 10.1 Å². The predicted octanol–water partition coefficient (Wildman–Crippen LogP) is 5.59. The first-order chi connectivity index (χ1) is 9.52. The van der Waals surface area contributed by atoms with Crippen molar-refractivity contribution in [3.63, 3.8) is 0 Å². The van der Waals surface area contributed by atoms with Gasteiger partial charge in [0.15, 0.2) is 0 Å². The lowest BCUT2D eigenvalue weighted by Gasteiger charge is -2.19. The highest BCUT2D eigenvalue weighted by Gasteiger charge is 2.11. The lowest BCUT2D eigenvalue weighted by atomic mass is 10.1. The fourth-order valence-corrected chi connectivity index (χ4v) is 2.90. The first-order valence-electron chi connectivity index (χ1n) is 6.38. The standard InChI is InChI=1S/C16H17BrClNO/c1-10-5-4-6-14(18)16(10)19-11(2)12-7-8-15(20-3)13(17)9-12/h4-9,11,19H,1-3H3. The molecule has 2 rings (SSSR count). The molecular formula is C16H17BrClNO. The number of hydrogen-bond donors (Lipinski definition) is 1. The van der Waals surface area contributed by atoms with E-state index in [1.807, 2.05) is 37.3 Å². The van der Waals surface area contributed by atoms with Gasteiger partial charge >= 0.3 is 0 Å². The average molecular weight is 355 g/mol. The summed E-state index contributed by atoms with van der Waals surface area (Å²) in [6, 6.07) is 12.1. The minimum absolute atomic E-state index is 0.149. The van der Waals surface area contributed by atoms with Gasteiger partial charge in [0.2, 0.25) is 0 Å². The van der Waals surface area contributed by atoms with Crippen LogP contribution in [-0.2, 0) is 0 Å². The lowest BCUT2D eigenvalue weighted by molar-refractivity contribution is 0.412. The van der Waals surface area contributed by atoms with Crippen LogP contribution >= 0.6 is 27.5 Å². The fraction of sp³-hybridized carbons (Fsp3) is 0.250. The fourth-order valence-electron chi connectivity index (χ4n) is 2.07. The highest BCUT2D eigenvalue weighted by Crippen LogP contribution is 2.32. The maximum Gasteiger partial charge on any atom is 0.133 e. The van der Waals surface area contributed by atoms with Gasteiger partial charge in [-0.15, -0.1) is 0 Å². The average Bonchev–Trinajstić information content (AvgIpc) is 2.42. The number of methoxy groups -OCH3 is 1. The maximum atomic E-state index is 6.25. The molecule has 0 heterocycles. The topological polar surface area (TPSA) is 21.3 Å². The van der Waals surface area contributed by atoms with Gasteiger partial charge < -0.3 is 10.1 Å². The van der Waals surface area contributed by atoms with Crippen LogP contribution in [0.15, 0.2) is 40.9 Å². The maximum absolute atomic E-state index is 6.25. The molecule has 0 aliphatic carbocycles. The SMILES string of the molecule is COc1ccc(C(C)Nc2c(C)cccc2Cl)cc1Br. The number of anilines is 1. The highest BCUT2D eigenvalue weighted by atomic mass is 79.9. The van der Waals surface area contributed by atoms with E-state index in [4.69, 9.17) is 16.3 Å². The van der Waals surface area contributed by atoms with Crippen molar-refractivity contribution >= 4 is 33.2 Å². The van der Waals surface area contributed by atoms with Gasteiger partial charge in [-0.05, 0) is 59.1 Å². The molecule has 0 saturated carbocycles. The van der Waals surface area contributed by atoms with Crippen molar-refractivity contribution in [3.05, 3.63) is 57.0 Å². The smallest absolute Gasteiger partial charge is 0.133 e. The number of nitrogens with one attached hydrogen (secondary N) is 1. The second kappa shape index (κ2) is 6.51. The monoisotopic (exact) mass is 353 g/mol. The van der Waals surface area contributed by atoms with E-state index in [1.54, 1.807) is 7.11 Å². The van der Waals surface area contributed by atoms with Crippen LogP contribution in [0.25, 0.3) is 0 Å². The van der Waals surface area contributed by atoms with Crippen molar-refractivity contribution in [1.82, 2.24) is 0 Å². The van der Waals surface area contributed by atoms with Crippen LogP contribution in [0.1, 0.15) is 24.1 Å². The molecule has 0 radical (unpaired) electrons. The van der Waals surface area contributed by atoms with E-state index in [0.717, 1.165) is 32.1 Å². The van der Waals surface area contributed by atoms with E-state index in [0.29, 0.717) is 0 Å². The molecule has 2 aromatic rings. The zero-order valence-corrected chi connectivity index (χ0v) is 14.0. The highest BCUT2D eigenvalue weighted by molar-refractivity contribution is 9.10. The minimum atomic E-state index is 0.149. The van der Waals surface area contributed by atoms with Gasteiger partial charge in [0.1, 0.15) is 5.75 Å². The number of hydrogen-bond acceptors (Lipinski definition) is 2. The first kappa shape index (κ1) is 15.2. The Kier molecular flexibility index (Phi) is 4.95. The Bertz CT molecular complexity index is 595. The molecule has 20 heavy (non-hydrogen) atoms. The van der Waals surface area contributed by atoms with E-state index < -0.39 is 0 Å². The summed E-state index contributed by atoms with van der Waals surface area (Å²) in [5.74, 6) is 0.829. The molecule has 0 fully saturated rings. The molecule has 1 atom stereocenters. The molecule has 0 spiro atoms. The number of benzene rings is 2. The Balaban J connectivity index is 2.24. The van der Waals surface area contributed by atoms with Gasteiger partial charge in [0, 0.05) is 6.04 Å². The Morgan fingerprint density at radius 3 is 2.60 bits per heavy atom. The van der Waals surface area contributed by atoms with E-state index in [1.165, 1.54) is 0 Å². The molecule has 1 N–H and O–H groups in total. The van der Waals surface area contributed by atoms with Crippen LogP contribution in [-0.4, -0.2) is 7.11 Å². The summed E-state index contributed by atoms with van der Waals surface area (Å²) in [5.41, 5.74) is 3.28. The Hall–Kier alpha value is -1.19. The van der Waals surface area contributed by atoms with Crippen LogP contribution in [0.2, 0.25) is 5.02 Å². The van der Waals surface area contributed by atoms with E-state index in [-0.39, 0.29) is 6.04 Å². The predicted molar refractivity (Wildman–Crippen MR) is 88.9 cm³/mol. The van der Waals surface area contributed by atoms with Crippen molar-refractivity contribution in [2.75, 3.05) is 12.4 Å². The molecule has 0 saturated heterocycles. The molecule has 106 valence electrons. The van der Waals surface area contributed by atoms with Gasteiger partial charge in [-0.2, -0.15) is 0 Å². The van der Waals surface area contributed by atoms with Crippen molar-refractivity contribution in [1.29, 1.82) is 0 Å².